The monoisotopic (exact) mass is 233 g/mol. The van der Waals surface area contributed by atoms with Gasteiger partial charge in [-0.15, -0.1) is 18.3 Å². The molecule has 0 N–H and O–H groups in total. The zero-order chi connectivity index (χ0) is 12.0. The fraction of sp³-hybridized carbons (Fsp3) is 0.231. The zero-order valence-corrected chi connectivity index (χ0v) is 10.1. The highest BCUT2D eigenvalue weighted by atomic mass is 32.2. The highest BCUT2D eigenvalue weighted by molar-refractivity contribution is 8.00. The van der Waals surface area contributed by atoms with Gasteiger partial charge in [0.2, 0.25) is 0 Å². The Balaban J connectivity index is 2.82. The van der Waals surface area contributed by atoms with E-state index in [0.29, 0.717) is 0 Å². The second-order valence-electron chi connectivity index (χ2n) is 3.44. The Hall–Kier alpha value is -1.35. The van der Waals surface area contributed by atoms with Crippen molar-refractivity contribution in [1.29, 1.82) is 0 Å². The van der Waals surface area contributed by atoms with Gasteiger partial charge in [0.25, 0.3) is 5.91 Å². The van der Waals surface area contributed by atoms with E-state index in [1.165, 1.54) is 11.8 Å². The fourth-order valence-corrected chi connectivity index (χ4v) is 2.35. The minimum absolute atomic E-state index is 0.0724. The van der Waals surface area contributed by atoms with Crippen LogP contribution in [0, 0.1) is 5.92 Å². The van der Waals surface area contributed by atoms with Gasteiger partial charge in [-0.05, 0) is 24.8 Å². The molecular weight excluding hydrogens is 218 g/mol. The first kappa shape index (κ1) is 12.7. The van der Waals surface area contributed by atoms with E-state index >= 15 is 0 Å². The molecule has 0 aliphatic heterocycles. The van der Waals surface area contributed by atoms with Gasteiger partial charge in [0, 0.05) is 4.90 Å². The lowest BCUT2D eigenvalue weighted by Gasteiger charge is -2.17. The van der Waals surface area contributed by atoms with Crippen LogP contribution in [-0.4, -0.2) is 17.9 Å². The van der Waals surface area contributed by atoms with E-state index in [4.69, 9.17) is 0 Å². The lowest BCUT2D eigenvalue weighted by Crippen LogP contribution is -2.21. The Morgan fingerprint density at radius 3 is 2.56 bits per heavy atom. The molecule has 0 aromatic heterocycles. The van der Waals surface area contributed by atoms with Crippen LogP contribution in [0.5, 0.6) is 0 Å². The molecule has 1 rings (SSSR count). The lowest BCUT2D eigenvalue weighted by atomic mass is 10.1. The summed E-state index contributed by atoms with van der Waals surface area (Å²) in [6, 6.07) is 9.80. The largest absolute Gasteiger partial charge is 0.271 e. The summed E-state index contributed by atoms with van der Waals surface area (Å²) in [5.41, 5.74) is 0. The van der Waals surface area contributed by atoms with Gasteiger partial charge in [0.05, 0.1) is 5.25 Å². The maximum atomic E-state index is 11.6. The first-order valence-corrected chi connectivity index (χ1v) is 5.92. The molecule has 3 heteroatoms. The molecule has 1 amide bonds. The van der Waals surface area contributed by atoms with Gasteiger partial charge in [-0.1, -0.05) is 31.2 Å². The Morgan fingerprint density at radius 2 is 2.06 bits per heavy atom. The molecule has 0 saturated heterocycles. The highest BCUT2D eigenvalue weighted by Gasteiger charge is 2.23. The van der Waals surface area contributed by atoms with Gasteiger partial charge >= 0.3 is 0 Å². The summed E-state index contributed by atoms with van der Waals surface area (Å²) in [5, 5.41) is -0.239. The Labute approximate surface area is 100 Å². The van der Waals surface area contributed by atoms with Crippen molar-refractivity contribution in [2.45, 2.75) is 17.1 Å². The van der Waals surface area contributed by atoms with Crippen molar-refractivity contribution >= 4 is 24.4 Å². The summed E-state index contributed by atoms with van der Waals surface area (Å²) in [4.78, 5) is 16.2. The molecule has 0 spiro atoms. The second-order valence-corrected chi connectivity index (χ2v) is 4.66. The maximum absolute atomic E-state index is 11.6. The van der Waals surface area contributed by atoms with E-state index < -0.39 is 0 Å². The number of rotatable bonds is 5. The van der Waals surface area contributed by atoms with E-state index in [1.807, 2.05) is 37.3 Å². The van der Waals surface area contributed by atoms with Crippen LogP contribution in [0.3, 0.4) is 0 Å². The molecule has 0 aliphatic rings. The number of allylic oxidation sites excluding steroid dienone is 1. The number of amides is 1. The summed E-state index contributed by atoms with van der Waals surface area (Å²) in [6.07, 6.45) is 1.77. The summed E-state index contributed by atoms with van der Waals surface area (Å²) >= 11 is 1.50. The average Bonchev–Trinajstić information content (AvgIpc) is 2.35. The number of benzene rings is 1. The van der Waals surface area contributed by atoms with Crippen LogP contribution in [-0.2, 0) is 4.79 Å². The Bertz CT molecular complexity index is 375. The number of aliphatic imine (C=N–C) groups is 1. The van der Waals surface area contributed by atoms with E-state index in [-0.39, 0.29) is 17.1 Å². The van der Waals surface area contributed by atoms with Crippen LogP contribution in [0.25, 0.3) is 0 Å². The molecule has 0 saturated carbocycles. The summed E-state index contributed by atoms with van der Waals surface area (Å²) in [6.45, 7) is 8.96. The Morgan fingerprint density at radius 1 is 1.44 bits per heavy atom. The normalized spacial score (nSPS) is 13.8. The lowest BCUT2D eigenvalue weighted by molar-refractivity contribution is -0.117. The van der Waals surface area contributed by atoms with Crippen LogP contribution >= 0.6 is 11.8 Å². The molecule has 2 unspecified atom stereocenters. The number of hydrogen-bond acceptors (Lipinski definition) is 2. The van der Waals surface area contributed by atoms with Crippen molar-refractivity contribution in [2.24, 2.45) is 10.9 Å². The topological polar surface area (TPSA) is 29.4 Å². The number of thioether (sulfide) groups is 1. The van der Waals surface area contributed by atoms with Gasteiger partial charge in [-0.2, -0.15) is 0 Å². The van der Waals surface area contributed by atoms with E-state index in [9.17, 15) is 4.79 Å². The predicted molar refractivity (Wildman–Crippen MR) is 70.0 cm³/mol. The zero-order valence-electron chi connectivity index (χ0n) is 9.30. The fourth-order valence-electron chi connectivity index (χ4n) is 1.24. The molecule has 0 heterocycles. The number of nitrogens with zero attached hydrogens (tertiary/aromatic N) is 1. The van der Waals surface area contributed by atoms with Gasteiger partial charge in [0.15, 0.2) is 0 Å². The van der Waals surface area contributed by atoms with E-state index in [0.717, 1.165) is 4.90 Å². The first-order chi connectivity index (χ1) is 7.69. The smallest absolute Gasteiger partial charge is 0.259 e. The van der Waals surface area contributed by atoms with Crippen molar-refractivity contribution in [3.63, 3.8) is 0 Å². The van der Waals surface area contributed by atoms with Crippen LogP contribution in [0.15, 0.2) is 52.9 Å². The van der Waals surface area contributed by atoms with Crippen LogP contribution < -0.4 is 0 Å². The van der Waals surface area contributed by atoms with Crippen LogP contribution in [0.2, 0.25) is 0 Å². The third-order valence-corrected chi connectivity index (χ3v) is 3.68. The molecule has 2 atom stereocenters. The SMILES string of the molecule is C=CC(C)C(Sc1ccccc1)C(=O)N=C. The highest BCUT2D eigenvalue weighted by Crippen LogP contribution is 2.29. The average molecular weight is 233 g/mol. The maximum Gasteiger partial charge on any atom is 0.259 e. The number of carbonyl (C=O) groups excluding carboxylic acids is 1. The minimum Gasteiger partial charge on any atom is -0.271 e. The number of carbonyl (C=O) groups is 1. The van der Waals surface area contributed by atoms with Gasteiger partial charge < -0.3 is 0 Å². The van der Waals surface area contributed by atoms with Crippen molar-refractivity contribution < 1.29 is 4.79 Å². The first-order valence-electron chi connectivity index (χ1n) is 5.04. The quantitative estimate of drug-likeness (QED) is 0.444. The van der Waals surface area contributed by atoms with Crippen molar-refractivity contribution in [2.75, 3.05) is 0 Å². The van der Waals surface area contributed by atoms with Gasteiger partial charge in [-0.25, -0.2) is 4.99 Å². The molecule has 1 aromatic rings. The predicted octanol–water partition coefficient (Wildman–Crippen LogP) is 3.20. The molecule has 1 aromatic carbocycles. The van der Waals surface area contributed by atoms with Gasteiger partial charge in [0.1, 0.15) is 0 Å². The third-order valence-electron chi connectivity index (χ3n) is 2.25. The molecule has 0 radical (unpaired) electrons. The van der Waals surface area contributed by atoms with Crippen molar-refractivity contribution in [3.05, 3.63) is 43.0 Å². The second kappa shape index (κ2) is 6.28. The van der Waals surface area contributed by atoms with Crippen LogP contribution in [0.1, 0.15) is 6.92 Å². The van der Waals surface area contributed by atoms with E-state index in [2.05, 4.69) is 18.3 Å². The standard InChI is InChI=1S/C13H15NOS/c1-4-10(2)12(13(15)14-3)16-11-8-6-5-7-9-11/h4-10,12H,1,3H2,2H3. The van der Waals surface area contributed by atoms with Crippen LogP contribution in [0.4, 0.5) is 0 Å². The van der Waals surface area contributed by atoms with Crippen molar-refractivity contribution in [1.82, 2.24) is 0 Å². The third kappa shape index (κ3) is 3.35. The molecule has 0 fully saturated rings. The summed E-state index contributed by atoms with van der Waals surface area (Å²) in [7, 11) is 0. The molecule has 16 heavy (non-hydrogen) atoms. The summed E-state index contributed by atoms with van der Waals surface area (Å²) in [5.74, 6) is -0.121. The van der Waals surface area contributed by atoms with Crippen molar-refractivity contribution in [3.8, 4) is 0 Å². The summed E-state index contributed by atoms with van der Waals surface area (Å²) < 4.78 is 0. The molecule has 84 valence electrons. The van der Waals surface area contributed by atoms with E-state index in [1.54, 1.807) is 6.08 Å². The Kier molecular flexibility index (Phi) is 4.99. The molecular formula is C13H15NOS. The molecule has 2 nitrogen and oxygen atoms in total. The molecule has 0 aliphatic carbocycles. The number of hydrogen-bond donors (Lipinski definition) is 0. The van der Waals surface area contributed by atoms with Gasteiger partial charge in [-0.3, -0.25) is 4.79 Å². The molecule has 0 bridgehead atoms. The minimum atomic E-state index is -0.239.